The molecule has 0 saturated carbocycles. The van der Waals surface area contributed by atoms with Gasteiger partial charge in [0.2, 0.25) is 0 Å². The van der Waals surface area contributed by atoms with E-state index in [0.29, 0.717) is 5.41 Å². The Balaban J connectivity index is 2.62. The molecule has 1 aromatic carbocycles. The molecule has 1 unspecified atom stereocenters. The second-order valence-corrected chi connectivity index (χ2v) is 5.56. The number of rotatable bonds is 3. The van der Waals surface area contributed by atoms with Crippen LogP contribution in [0.1, 0.15) is 50.8 Å². The molecule has 1 heteroatoms. The van der Waals surface area contributed by atoms with Crippen molar-refractivity contribution >= 4 is 0 Å². The van der Waals surface area contributed by atoms with Crippen molar-refractivity contribution in [3.63, 3.8) is 0 Å². The highest BCUT2D eigenvalue weighted by atomic mass is 14.6. The van der Waals surface area contributed by atoms with Crippen molar-refractivity contribution in [2.45, 2.75) is 46.6 Å². The zero-order valence-corrected chi connectivity index (χ0v) is 10.4. The summed E-state index contributed by atoms with van der Waals surface area (Å²) in [5, 5.41) is 0. The summed E-state index contributed by atoms with van der Waals surface area (Å²) in [6.07, 6.45) is 2.23. The lowest BCUT2D eigenvalue weighted by Crippen LogP contribution is -2.15. The highest BCUT2D eigenvalue weighted by Crippen LogP contribution is 2.27. The Morgan fingerprint density at radius 2 is 1.80 bits per heavy atom. The Labute approximate surface area is 93.7 Å². The second kappa shape index (κ2) is 4.80. The molecule has 0 saturated heterocycles. The minimum Gasteiger partial charge on any atom is -0.324 e. The minimum atomic E-state index is 0.186. The highest BCUT2D eigenvalue weighted by Gasteiger charge is 2.14. The first kappa shape index (κ1) is 12.3. The van der Waals surface area contributed by atoms with Crippen LogP contribution in [0.25, 0.3) is 0 Å². The fraction of sp³-hybridized carbons (Fsp3) is 0.571. The molecule has 15 heavy (non-hydrogen) atoms. The van der Waals surface area contributed by atoms with E-state index in [2.05, 4.69) is 52.0 Å². The molecule has 0 amide bonds. The molecule has 84 valence electrons. The van der Waals surface area contributed by atoms with Gasteiger partial charge in [0.05, 0.1) is 0 Å². The van der Waals surface area contributed by atoms with Crippen LogP contribution in [-0.2, 0) is 0 Å². The molecule has 0 aliphatic carbocycles. The molecular weight excluding hydrogens is 182 g/mol. The van der Waals surface area contributed by atoms with Gasteiger partial charge in [-0.15, -0.1) is 0 Å². The van der Waals surface area contributed by atoms with E-state index in [4.69, 9.17) is 5.73 Å². The van der Waals surface area contributed by atoms with Gasteiger partial charge in [-0.25, -0.2) is 0 Å². The first-order valence-corrected chi connectivity index (χ1v) is 5.71. The van der Waals surface area contributed by atoms with Crippen LogP contribution in [-0.4, -0.2) is 0 Å². The molecule has 1 nitrogen and oxygen atoms in total. The number of aryl methyl sites for hydroxylation is 1. The smallest absolute Gasteiger partial charge is 0.0297 e. The van der Waals surface area contributed by atoms with Gasteiger partial charge in [0.25, 0.3) is 0 Å². The van der Waals surface area contributed by atoms with Gasteiger partial charge in [-0.1, -0.05) is 45.0 Å². The van der Waals surface area contributed by atoms with Crippen LogP contribution < -0.4 is 5.73 Å². The Morgan fingerprint density at radius 3 is 2.33 bits per heavy atom. The molecule has 0 bridgehead atoms. The average Bonchev–Trinajstić information content (AvgIpc) is 2.14. The monoisotopic (exact) mass is 205 g/mol. The maximum Gasteiger partial charge on any atom is 0.0297 e. The Morgan fingerprint density at radius 1 is 1.20 bits per heavy atom. The standard InChI is InChI=1S/C14H23N/c1-11-7-5-6-8-12(11)13(15)9-10-14(2,3)4/h5-8,13H,9-10,15H2,1-4H3. The van der Waals surface area contributed by atoms with E-state index in [1.165, 1.54) is 17.5 Å². The molecular formula is C14H23N. The van der Waals surface area contributed by atoms with E-state index in [1.807, 2.05) is 0 Å². The lowest BCUT2D eigenvalue weighted by molar-refractivity contribution is 0.349. The number of hydrogen-bond donors (Lipinski definition) is 1. The molecule has 1 rings (SSSR count). The van der Waals surface area contributed by atoms with Gasteiger partial charge >= 0.3 is 0 Å². The number of hydrogen-bond acceptors (Lipinski definition) is 1. The van der Waals surface area contributed by atoms with Crippen LogP contribution in [0.2, 0.25) is 0 Å². The van der Waals surface area contributed by atoms with Gasteiger partial charge in [0, 0.05) is 6.04 Å². The third-order valence-electron chi connectivity index (χ3n) is 2.79. The molecule has 0 aliphatic rings. The van der Waals surface area contributed by atoms with Gasteiger partial charge in [-0.3, -0.25) is 0 Å². The molecule has 1 atom stereocenters. The molecule has 0 heterocycles. The fourth-order valence-corrected chi connectivity index (χ4v) is 1.75. The average molecular weight is 205 g/mol. The third kappa shape index (κ3) is 4.05. The summed E-state index contributed by atoms with van der Waals surface area (Å²) in [6, 6.07) is 8.59. The van der Waals surface area contributed by atoms with E-state index < -0.39 is 0 Å². The van der Waals surface area contributed by atoms with E-state index in [1.54, 1.807) is 0 Å². The Bertz CT molecular complexity index is 309. The van der Waals surface area contributed by atoms with Crippen LogP contribution >= 0.6 is 0 Å². The number of nitrogens with two attached hydrogens (primary N) is 1. The fourth-order valence-electron chi connectivity index (χ4n) is 1.75. The summed E-state index contributed by atoms with van der Waals surface area (Å²) in [5.41, 5.74) is 9.18. The van der Waals surface area contributed by atoms with Crippen molar-refractivity contribution in [3.05, 3.63) is 35.4 Å². The summed E-state index contributed by atoms with van der Waals surface area (Å²) in [5.74, 6) is 0. The molecule has 1 aromatic rings. The van der Waals surface area contributed by atoms with Crippen molar-refractivity contribution in [3.8, 4) is 0 Å². The summed E-state index contributed by atoms with van der Waals surface area (Å²) < 4.78 is 0. The third-order valence-corrected chi connectivity index (χ3v) is 2.79. The number of benzene rings is 1. The molecule has 0 fully saturated rings. The maximum atomic E-state index is 6.20. The highest BCUT2D eigenvalue weighted by molar-refractivity contribution is 5.28. The zero-order valence-electron chi connectivity index (χ0n) is 10.4. The lowest BCUT2D eigenvalue weighted by atomic mass is 9.87. The van der Waals surface area contributed by atoms with Gasteiger partial charge in [0.1, 0.15) is 0 Å². The predicted molar refractivity (Wildman–Crippen MR) is 66.8 cm³/mol. The van der Waals surface area contributed by atoms with Crippen LogP contribution in [0.4, 0.5) is 0 Å². The van der Waals surface area contributed by atoms with Crippen molar-refractivity contribution < 1.29 is 0 Å². The van der Waals surface area contributed by atoms with Crippen LogP contribution in [0.15, 0.2) is 24.3 Å². The van der Waals surface area contributed by atoms with Crippen LogP contribution in [0.3, 0.4) is 0 Å². The van der Waals surface area contributed by atoms with Crippen molar-refractivity contribution in [2.75, 3.05) is 0 Å². The molecule has 0 aromatic heterocycles. The van der Waals surface area contributed by atoms with E-state index in [9.17, 15) is 0 Å². The maximum absolute atomic E-state index is 6.20. The van der Waals surface area contributed by atoms with Gasteiger partial charge in [0.15, 0.2) is 0 Å². The minimum absolute atomic E-state index is 0.186. The normalized spacial score (nSPS) is 13.9. The summed E-state index contributed by atoms with van der Waals surface area (Å²) in [4.78, 5) is 0. The topological polar surface area (TPSA) is 26.0 Å². The van der Waals surface area contributed by atoms with Gasteiger partial charge in [-0.2, -0.15) is 0 Å². The predicted octanol–water partition coefficient (Wildman–Crippen LogP) is 3.82. The summed E-state index contributed by atoms with van der Waals surface area (Å²) in [7, 11) is 0. The quantitative estimate of drug-likeness (QED) is 0.797. The zero-order chi connectivity index (χ0) is 11.5. The molecule has 0 radical (unpaired) electrons. The molecule has 0 aliphatic heterocycles. The SMILES string of the molecule is Cc1ccccc1C(N)CCC(C)(C)C. The van der Waals surface area contributed by atoms with Crippen LogP contribution in [0, 0.1) is 12.3 Å². The van der Waals surface area contributed by atoms with Gasteiger partial charge in [-0.05, 0) is 36.3 Å². The second-order valence-electron chi connectivity index (χ2n) is 5.56. The first-order chi connectivity index (χ1) is 6.90. The largest absolute Gasteiger partial charge is 0.324 e. The van der Waals surface area contributed by atoms with E-state index in [0.717, 1.165) is 6.42 Å². The van der Waals surface area contributed by atoms with Crippen molar-refractivity contribution in [1.29, 1.82) is 0 Å². The van der Waals surface area contributed by atoms with E-state index in [-0.39, 0.29) is 6.04 Å². The van der Waals surface area contributed by atoms with Gasteiger partial charge < -0.3 is 5.73 Å². The van der Waals surface area contributed by atoms with E-state index >= 15 is 0 Å². The Kier molecular flexibility index (Phi) is 3.92. The molecule has 0 spiro atoms. The lowest BCUT2D eigenvalue weighted by Gasteiger charge is -2.21. The summed E-state index contributed by atoms with van der Waals surface area (Å²) in [6.45, 7) is 8.92. The van der Waals surface area contributed by atoms with Crippen molar-refractivity contribution in [1.82, 2.24) is 0 Å². The Hall–Kier alpha value is -0.820. The summed E-state index contributed by atoms with van der Waals surface area (Å²) >= 11 is 0. The van der Waals surface area contributed by atoms with Crippen LogP contribution in [0.5, 0.6) is 0 Å². The first-order valence-electron chi connectivity index (χ1n) is 5.71. The molecule has 2 N–H and O–H groups in total. The van der Waals surface area contributed by atoms with Crippen molar-refractivity contribution in [2.24, 2.45) is 11.1 Å².